The van der Waals surface area contributed by atoms with Gasteiger partial charge in [0, 0.05) is 35.8 Å². The first-order chi connectivity index (χ1) is 16.4. The van der Waals surface area contributed by atoms with E-state index in [9.17, 15) is 18.9 Å². The maximum Gasteiger partial charge on any atom is 0.251 e. The van der Waals surface area contributed by atoms with Gasteiger partial charge in [0.25, 0.3) is 5.91 Å². The van der Waals surface area contributed by atoms with Crippen molar-refractivity contribution in [1.29, 1.82) is 0 Å². The monoisotopic (exact) mass is 483 g/mol. The van der Waals surface area contributed by atoms with Crippen LogP contribution in [0.4, 0.5) is 4.39 Å². The Balaban J connectivity index is 1.64. The molecule has 0 radical (unpaired) electrons. The van der Waals surface area contributed by atoms with Crippen molar-refractivity contribution in [3.63, 3.8) is 0 Å². The maximum atomic E-state index is 14.5. The molecule has 0 aliphatic carbocycles. The quantitative estimate of drug-likeness (QED) is 0.477. The van der Waals surface area contributed by atoms with Crippen LogP contribution in [0.2, 0.25) is 5.02 Å². The highest BCUT2D eigenvalue weighted by Gasteiger charge is 2.49. The predicted octanol–water partition coefficient (Wildman–Crippen LogP) is 4.51. The topological polar surface area (TPSA) is 89.8 Å². The number of halogens is 2. The van der Waals surface area contributed by atoms with Crippen molar-refractivity contribution in [3.8, 4) is 0 Å². The molecule has 1 aliphatic rings. The molecular weight excluding hydrogens is 461 g/mol. The zero-order chi connectivity index (χ0) is 24.2. The van der Waals surface area contributed by atoms with Crippen LogP contribution in [-0.4, -0.2) is 29.0 Å². The van der Waals surface area contributed by atoms with Gasteiger partial charge in [0.1, 0.15) is 12.1 Å². The zero-order valence-electron chi connectivity index (χ0n) is 18.3. The van der Waals surface area contributed by atoms with Crippen molar-refractivity contribution in [2.45, 2.75) is 36.9 Å². The fourth-order valence-corrected chi connectivity index (χ4v) is 4.48. The van der Waals surface area contributed by atoms with Gasteiger partial charge in [0.2, 0.25) is 11.9 Å². The number of amides is 1. The fourth-order valence-electron chi connectivity index (χ4n) is 4.20. The van der Waals surface area contributed by atoms with E-state index < -0.39 is 36.4 Å². The van der Waals surface area contributed by atoms with Crippen LogP contribution in [-0.2, 0) is 11.8 Å². The summed E-state index contributed by atoms with van der Waals surface area (Å²) in [7, 11) is 1.58. The number of aryl methyl sites for hydroxylation is 1. The summed E-state index contributed by atoms with van der Waals surface area (Å²) in [5, 5.41) is 6.41. The number of carbonyl (C=O) groups is 1. The third kappa shape index (κ3) is 4.93. The number of carbonyl (C=O) groups excluding carboxylic acids is 1. The van der Waals surface area contributed by atoms with Crippen LogP contribution in [0.15, 0.2) is 82.9 Å². The largest absolute Gasteiger partial charge is 0.341 e. The summed E-state index contributed by atoms with van der Waals surface area (Å²) in [5.74, 6) is -0.982. The molecule has 176 valence electrons. The minimum absolute atomic E-state index is 0.139. The third-order valence-corrected chi connectivity index (χ3v) is 6.40. The van der Waals surface area contributed by atoms with E-state index in [2.05, 4.69) is 10.5 Å². The van der Waals surface area contributed by atoms with E-state index in [1.165, 1.54) is 10.6 Å². The van der Waals surface area contributed by atoms with Crippen LogP contribution in [0.5, 0.6) is 0 Å². The van der Waals surface area contributed by atoms with Crippen LogP contribution in [0.25, 0.3) is 0 Å². The standard InChI is InChI=1S/C25H23ClFN3O4/c1-30-14-16(11-12-21(30)31)20(29-33)13-18(17-9-5-6-10-19(17)26)23-22(24(27)34-23)28-25(32)15-7-3-2-4-8-15/h2-12,14,18,20,22-24H,13H2,1H3,(H,28,32). The van der Waals surface area contributed by atoms with Crippen molar-refractivity contribution in [2.24, 2.45) is 12.2 Å². The molecule has 1 fully saturated rings. The number of pyridine rings is 1. The van der Waals surface area contributed by atoms with Gasteiger partial charge in [-0.1, -0.05) is 53.2 Å². The van der Waals surface area contributed by atoms with E-state index in [0.717, 1.165) is 0 Å². The lowest BCUT2D eigenvalue weighted by Gasteiger charge is -2.45. The SMILES string of the molecule is Cn1cc(C(CC(c2ccccc2Cl)C2OC(F)C2NC(=O)c2ccccc2)N=O)ccc1=O. The van der Waals surface area contributed by atoms with Gasteiger partial charge in [0.05, 0.1) is 6.10 Å². The minimum atomic E-state index is -1.71. The van der Waals surface area contributed by atoms with Crippen LogP contribution in [0, 0.1) is 4.91 Å². The second-order valence-corrected chi connectivity index (χ2v) is 8.62. The first-order valence-corrected chi connectivity index (χ1v) is 11.2. The smallest absolute Gasteiger partial charge is 0.251 e. The lowest BCUT2D eigenvalue weighted by molar-refractivity contribution is -0.224. The average Bonchev–Trinajstić information content (AvgIpc) is 2.85. The van der Waals surface area contributed by atoms with Gasteiger partial charge < -0.3 is 14.6 Å². The lowest BCUT2D eigenvalue weighted by atomic mass is 9.80. The molecule has 7 nitrogen and oxygen atoms in total. The van der Waals surface area contributed by atoms with Crippen molar-refractivity contribution in [3.05, 3.63) is 110 Å². The van der Waals surface area contributed by atoms with Gasteiger partial charge >= 0.3 is 0 Å². The Labute approximate surface area is 200 Å². The molecule has 5 unspecified atom stereocenters. The normalized spacial score (nSPS) is 21.2. The highest BCUT2D eigenvalue weighted by Crippen LogP contribution is 2.43. The first-order valence-electron chi connectivity index (χ1n) is 10.8. The molecule has 9 heteroatoms. The number of benzene rings is 2. The van der Waals surface area contributed by atoms with E-state index in [-0.39, 0.29) is 12.0 Å². The molecule has 0 spiro atoms. The van der Waals surface area contributed by atoms with E-state index in [1.807, 2.05) is 0 Å². The minimum Gasteiger partial charge on any atom is -0.341 e. The maximum absolute atomic E-state index is 14.5. The van der Waals surface area contributed by atoms with Crippen molar-refractivity contribution < 1.29 is 13.9 Å². The number of hydrogen-bond donors (Lipinski definition) is 1. The summed E-state index contributed by atoms with van der Waals surface area (Å²) in [6.07, 6.45) is -0.797. The highest BCUT2D eigenvalue weighted by molar-refractivity contribution is 6.31. The molecule has 1 aromatic heterocycles. The van der Waals surface area contributed by atoms with Gasteiger partial charge in [-0.3, -0.25) is 9.59 Å². The molecule has 1 amide bonds. The Hall–Kier alpha value is -3.36. The summed E-state index contributed by atoms with van der Waals surface area (Å²) >= 11 is 6.46. The Bertz CT molecular complexity index is 1240. The van der Waals surface area contributed by atoms with Gasteiger partial charge in [-0.15, -0.1) is 0 Å². The Kier molecular flexibility index (Phi) is 7.19. The lowest BCUT2D eigenvalue weighted by Crippen LogP contribution is -2.62. The molecule has 1 N–H and O–H groups in total. The predicted molar refractivity (Wildman–Crippen MR) is 126 cm³/mol. The van der Waals surface area contributed by atoms with Crippen LogP contribution in [0.1, 0.15) is 39.9 Å². The number of nitrogens with one attached hydrogen (secondary N) is 1. The molecule has 5 atom stereocenters. The van der Waals surface area contributed by atoms with Gasteiger partial charge in [-0.05, 0) is 41.8 Å². The third-order valence-electron chi connectivity index (χ3n) is 6.06. The van der Waals surface area contributed by atoms with E-state index >= 15 is 0 Å². The molecule has 0 saturated carbocycles. The fraction of sp³-hybridized carbons (Fsp3) is 0.280. The summed E-state index contributed by atoms with van der Waals surface area (Å²) in [4.78, 5) is 36.3. The summed E-state index contributed by atoms with van der Waals surface area (Å²) in [5.41, 5.74) is 1.36. The Morgan fingerprint density at radius 3 is 2.50 bits per heavy atom. The molecule has 2 heterocycles. The number of alkyl halides is 1. The van der Waals surface area contributed by atoms with Crippen LogP contribution >= 0.6 is 11.6 Å². The first kappa shape index (κ1) is 23.8. The van der Waals surface area contributed by atoms with Gasteiger partial charge in [0.15, 0.2) is 0 Å². The van der Waals surface area contributed by atoms with Crippen molar-refractivity contribution in [1.82, 2.24) is 9.88 Å². The number of rotatable bonds is 8. The molecule has 4 rings (SSSR count). The van der Waals surface area contributed by atoms with Crippen LogP contribution < -0.4 is 10.9 Å². The number of nitrogens with zero attached hydrogens (tertiary/aromatic N) is 2. The zero-order valence-corrected chi connectivity index (χ0v) is 19.1. The van der Waals surface area contributed by atoms with Gasteiger partial charge in [-0.2, -0.15) is 4.91 Å². The molecule has 0 bridgehead atoms. The molecule has 3 aromatic rings. The average molecular weight is 484 g/mol. The Morgan fingerprint density at radius 1 is 1.15 bits per heavy atom. The van der Waals surface area contributed by atoms with Crippen LogP contribution in [0.3, 0.4) is 0 Å². The summed E-state index contributed by atoms with van der Waals surface area (Å²) in [6.45, 7) is 0. The second kappa shape index (κ2) is 10.3. The second-order valence-electron chi connectivity index (χ2n) is 8.21. The molecule has 1 aliphatic heterocycles. The van der Waals surface area contributed by atoms with E-state index in [1.54, 1.807) is 73.9 Å². The van der Waals surface area contributed by atoms with E-state index in [0.29, 0.717) is 21.7 Å². The number of nitroso groups, excluding NO2 is 1. The molecule has 1 saturated heterocycles. The van der Waals surface area contributed by atoms with Crippen molar-refractivity contribution >= 4 is 17.5 Å². The van der Waals surface area contributed by atoms with Gasteiger partial charge in [-0.25, -0.2) is 4.39 Å². The molecular formula is C25H23ClFN3O4. The highest BCUT2D eigenvalue weighted by atomic mass is 35.5. The van der Waals surface area contributed by atoms with E-state index in [4.69, 9.17) is 16.3 Å². The summed E-state index contributed by atoms with van der Waals surface area (Å²) in [6, 6.07) is 16.6. The number of ether oxygens (including phenoxy) is 1. The number of aromatic nitrogens is 1. The number of hydrogen-bond acceptors (Lipinski definition) is 5. The molecule has 34 heavy (non-hydrogen) atoms. The Morgan fingerprint density at radius 2 is 1.85 bits per heavy atom. The molecule has 2 aromatic carbocycles. The van der Waals surface area contributed by atoms with Crippen molar-refractivity contribution in [2.75, 3.05) is 0 Å². The summed E-state index contributed by atoms with van der Waals surface area (Å²) < 4.78 is 21.3.